The lowest BCUT2D eigenvalue weighted by molar-refractivity contribution is 1.22. The molecule has 0 saturated carbocycles. The van der Waals surface area contributed by atoms with Crippen LogP contribution in [-0.2, 0) is 0 Å². The first-order valence-corrected chi connectivity index (χ1v) is 32.2. The molecule has 20 aromatic rings. The second-order valence-electron chi connectivity index (χ2n) is 23.9. The molecular weight excluding hydrogens is 1240 g/mol. The molecular formula is C80H46N20. The molecule has 4 aromatic carbocycles. The van der Waals surface area contributed by atoms with Crippen molar-refractivity contribution in [3.63, 3.8) is 0 Å². The number of hydrogen-bond donors (Lipinski definition) is 0. The molecule has 0 aliphatic carbocycles. The highest BCUT2D eigenvalue weighted by Crippen LogP contribution is 2.57. The van der Waals surface area contributed by atoms with E-state index in [4.69, 9.17) is 79.7 Å². The van der Waals surface area contributed by atoms with Gasteiger partial charge in [0.1, 0.15) is 44.1 Å². The van der Waals surface area contributed by atoms with Crippen molar-refractivity contribution >= 4 is 189 Å². The first-order chi connectivity index (χ1) is 49.7. The van der Waals surface area contributed by atoms with Crippen LogP contribution in [0, 0.1) is 0 Å². The molecule has 0 amide bonds. The fourth-order valence-electron chi connectivity index (χ4n) is 14.4. The van der Waals surface area contributed by atoms with Gasteiger partial charge in [0.05, 0.1) is 112 Å². The number of pyridine rings is 16. The average molecular weight is 1290 g/mol. The summed E-state index contributed by atoms with van der Waals surface area (Å²) in [5.74, 6) is 0. The molecule has 0 atom stereocenters. The highest BCUT2D eigenvalue weighted by Gasteiger charge is 2.33. The molecule has 0 aliphatic heterocycles. The predicted molar refractivity (Wildman–Crippen MR) is 394 cm³/mol. The molecule has 0 fully saturated rings. The minimum absolute atomic E-state index is 0.659. The lowest BCUT2D eigenvalue weighted by Gasteiger charge is -2.35. The van der Waals surface area contributed by atoms with Crippen LogP contribution < -0.4 is 19.6 Å². The van der Waals surface area contributed by atoms with Crippen molar-refractivity contribution in [3.8, 4) is 0 Å². The Hall–Kier alpha value is -14.4. The number of hydrogen-bond acceptors (Lipinski definition) is 20. The molecule has 20 nitrogen and oxygen atoms in total. The molecule has 0 radical (unpaired) electrons. The molecule has 0 bridgehead atoms. The monoisotopic (exact) mass is 1290 g/mol. The second-order valence-corrected chi connectivity index (χ2v) is 23.9. The van der Waals surface area contributed by atoms with Crippen LogP contribution in [0.5, 0.6) is 0 Å². The van der Waals surface area contributed by atoms with Crippen LogP contribution in [0.15, 0.2) is 281 Å². The summed E-state index contributed by atoms with van der Waals surface area (Å²) < 4.78 is 0. The van der Waals surface area contributed by atoms with Crippen LogP contribution in [-0.4, -0.2) is 79.7 Å². The van der Waals surface area contributed by atoms with Gasteiger partial charge in [-0.1, -0.05) is 24.3 Å². The number of fused-ring (bicyclic) bond motifs is 8. The Labute approximate surface area is 566 Å². The third-order valence-electron chi connectivity index (χ3n) is 18.5. The van der Waals surface area contributed by atoms with E-state index in [2.05, 4.69) is 56.0 Å². The topological polar surface area (TPSA) is 219 Å². The van der Waals surface area contributed by atoms with Crippen molar-refractivity contribution in [2.45, 2.75) is 0 Å². The van der Waals surface area contributed by atoms with Crippen LogP contribution in [0.2, 0.25) is 0 Å². The summed E-state index contributed by atoms with van der Waals surface area (Å²) in [5.41, 5.74) is 19.8. The Morgan fingerprint density at radius 1 is 0.150 bits per heavy atom. The maximum Gasteiger partial charge on any atom is 0.113 e. The summed E-state index contributed by atoms with van der Waals surface area (Å²) in [4.78, 5) is 89.6. The van der Waals surface area contributed by atoms with Crippen LogP contribution in [0.3, 0.4) is 0 Å². The van der Waals surface area contributed by atoms with E-state index in [1.807, 2.05) is 245 Å². The Morgan fingerprint density at radius 2 is 0.310 bits per heavy atom. The molecule has 0 N–H and O–H groups in total. The summed E-state index contributed by atoms with van der Waals surface area (Å²) in [5, 5.41) is 5.26. The Balaban J connectivity index is 1.03. The number of nitrogens with zero attached hydrogens (tertiary/aromatic N) is 20. The summed E-state index contributed by atoms with van der Waals surface area (Å²) >= 11 is 0. The van der Waals surface area contributed by atoms with Gasteiger partial charge in [-0.2, -0.15) is 0 Å². The van der Waals surface area contributed by atoms with Crippen LogP contribution in [0.1, 0.15) is 0 Å². The van der Waals surface area contributed by atoms with E-state index in [1.54, 1.807) is 0 Å². The quantitative estimate of drug-likeness (QED) is 0.104. The van der Waals surface area contributed by atoms with E-state index in [9.17, 15) is 0 Å². The Bertz CT molecular complexity index is 5560. The van der Waals surface area contributed by atoms with E-state index < -0.39 is 0 Å². The van der Waals surface area contributed by atoms with Crippen LogP contribution in [0.25, 0.3) is 121 Å². The van der Waals surface area contributed by atoms with E-state index >= 15 is 0 Å². The maximum atomic E-state index is 5.15. The Morgan fingerprint density at radius 3 is 0.470 bits per heavy atom. The largest absolute Gasteiger partial charge is 0.305 e. The fraction of sp³-hybridized carbons (Fsp3) is 0. The Kier molecular flexibility index (Phi) is 12.7. The summed E-state index contributed by atoms with van der Waals surface area (Å²) in [6.45, 7) is 0. The zero-order valence-electron chi connectivity index (χ0n) is 52.5. The number of benzene rings is 4. The predicted octanol–water partition coefficient (Wildman–Crippen LogP) is 18.0. The minimum Gasteiger partial charge on any atom is -0.305 e. The average Bonchev–Trinajstić information content (AvgIpc) is 0.695. The van der Waals surface area contributed by atoms with Gasteiger partial charge in [0.25, 0.3) is 0 Å². The molecule has 100 heavy (non-hydrogen) atoms. The molecule has 0 saturated heterocycles. The minimum atomic E-state index is 0.659. The van der Waals surface area contributed by atoms with E-state index in [0.29, 0.717) is 88.3 Å². The van der Waals surface area contributed by atoms with Crippen LogP contribution >= 0.6 is 0 Å². The molecule has 466 valence electrons. The molecule has 20 rings (SSSR count). The van der Waals surface area contributed by atoms with Gasteiger partial charge in [0.2, 0.25) is 0 Å². The van der Waals surface area contributed by atoms with Gasteiger partial charge in [-0.3, -0.25) is 79.7 Å². The van der Waals surface area contributed by atoms with Gasteiger partial charge in [0.15, 0.2) is 0 Å². The first-order valence-electron chi connectivity index (χ1n) is 32.2. The molecule has 16 aromatic heterocycles. The summed E-state index contributed by atoms with van der Waals surface area (Å²) in [6, 6.07) is 60.8. The van der Waals surface area contributed by atoms with Crippen molar-refractivity contribution in [1.82, 2.24) is 79.7 Å². The molecule has 0 spiro atoms. The number of aromatic nitrogens is 16. The highest BCUT2D eigenvalue weighted by molar-refractivity contribution is 6.34. The molecule has 16 heterocycles. The van der Waals surface area contributed by atoms with Crippen molar-refractivity contribution in [1.29, 1.82) is 0 Å². The van der Waals surface area contributed by atoms with E-state index in [0.717, 1.165) is 101 Å². The standard InChI is InChI=1S/C80H46N20/c1-9-51-73(89-29-1)59(21-37-81-51)97(60-22-38-82-52-10-2-30-90-74(52)60)67-45-68(98(61-23-39-83-53-11-3-31-91-75(53)61)62-24-40-84-54-12-4-32-92-76(54)62)48-19-20-50-70(100(65-27-43-87-57-15-7-35-95-79(57)65)66-28-44-88-58-16-8-36-96-80(58)66)46-69(49-18-17-47(67)71(48)72(49)50)99(63-25-41-85-55-13-5-33-93-77(55)63)64-26-42-86-56-14-6-34-94-78(56)64/h1-46H. The van der Waals surface area contributed by atoms with Crippen molar-refractivity contribution in [2.24, 2.45) is 0 Å². The van der Waals surface area contributed by atoms with Crippen molar-refractivity contribution < 1.29 is 0 Å². The lowest BCUT2D eigenvalue weighted by atomic mass is 9.89. The fourth-order valence-corrected chi connectivity index (χ4v) is 14.4. The van der Waals surface area contributed by atoms with Gasteiger partial charge in [-0.15, -0.1) is 0 Å². The maximum absolute atomic E-state index is 5.15. The van der Waals surface area contributed by atoms with Gasteiger partial charge < -0.3 is 19.6 Å². The van der Waals surface area contributed by atoms with Crippen molar-refractivity contribution in [3.05, 3.63) is 281 Å². The van der Waals surface area contributed by atoms with Crippen molar-refractivity contribution in [2.75, 3.05) is 19.6 Å². The highest BCUT2D eigenvalue weighted by atomic mass is 15.2. The zero-order chi connectivity index (χ0) is 65.8. The first kappa shape index (κ1) is 56.0. The summed E-state index contributed by atoms with van der Waals surface area (Å²) in [7, 11) is 0. The number of anilines is 12. The summed E-state index contributed by atoms with van der Waals surface area (Å²) in [6.07, 6.45) is 29.1. The lowest BCUT2D eigenvalue weighted by Crippen LogP contribution is -2.18. The third-order valence-corrected chi connectivity index (χ3v) is 18.5. The van der Waals surface area contributed by atoms with E-state index in [-0.39, 0.29) is 0 Å². The second kappa shape index (κ2) is 22.6. The normalized spacial score (nSPS) is 11.8. The van der Waals surface area contributed by atoms with Gasteiger partial charge in [0, 0.05) is 131 Å². The third kappa shape index (κ3) is 8.73. The molecule has 20 heteroatoms. The smallest absolute Gasteiger partial charge is 0.113 e. The van der Waals surface area contributed by atoms with Gasteiger partial charge >= 0.3 is 0 Å². The van der Waals surface area contributed by atoms with Crippen LogP contribution in [0.4, 0.5) is 68.2 Å². The number of rotatable bonds is 12. The molecule has 0 aliphatic rings. The van der Waals surface area contributed by atoms with E-state index in [1.165, 1.54) is 0 Å². The van der Waals surface area contributed by atoms with Gasteiger partial charge in [-0.25, -0.2) is 0 Å². The van der Waals surface area contributed by atoms with Gasteiger partial charge in [-0.05, 0) is 158 Å². The zero-order valence-corrected chi connectivity index (χ0v) is 52.5. The molecule has 0 unspecified atom stereocenters. The SMILES string of the molecule is c1cnc2c(N(c3cc(N(c4ccnc5cccnc45)c4ccnc5cccnc45)c4ccc5c(N(c6ccnc7cccnc67)c6ccnc7cccnc67)cc(N(c6ccnc7cccnc67)c6ccnc7cccnc67)c6ccc3c4c65)c3ccnc4cccnc34)ccnc2c1.